The second kappa shape index (κ2) is 8.89. The third kappa shape index (κ3) is 5.09. The highest BCUT2D eigenvalue weighted by Gasteiger charge is 2.11. The van der Waals surface area contributed by atoms with Crippen molar-refractivity contribution in [2.24, 2.45) is 0 Å². The number of nitrogens with one attached hydrogen (secondary N) is 2. The molecule has 0 radical (unpaired) electrons. The lowest BCUT2D eigenvalue weighted by Gasteiger charge is -2.07. The predicted molar refractivity (Wildman–Crippen MR) is 95.9 cm³/mol. The number of H-pyrrole nitrogens is 1. The van der Waals surface area contributed by atoms with Crippen molar-refractivity contribution in [3.8, 4) is 11.8 Å². The minimum atomic E-state index is -0.483. The standard InChI is InChI=1S/C17H18N4O3S/c1-3-14-13(9-18)16(23)21-17(20-14)25-10-15(22)19-11-5-7-12(8-6-11)24-4-2/h5-8H,3-4,10H2,1-2H3,(H,19,22)(H,20,21,23). The van der Waals surface area contributed by atoms with Crippen molar-refractivity contribution in [2.75, 3.05) is 17.7 Å². The van der Waals surface area contributed by atoms with Crippen molar-refractivity contribution in [3.05, 3.63) is 45.9 Å². The first-order valence-corrected chi connectivity index (χ1v) is 8.74. The van der Waals surface area contributed by atoms with Crippen LogP contribution < -0.4 is 15.6 Å². The van der Waals surface area contributed by atoms with Crippen LogP contribution in [-0.2, 0) is 11.2 Å². The summed E-state index contributed by atoms with van der Waals surface area (Å²) in [5.41, 5.74) is 0.625. The van der Waals surface area contributed by atoms with Gasteiger partial charge in [-0.25, -0.2) is 4.98 Å². The summed E-state index contributed by atoms with van der Waals surface area (Å²) in [7, 11) is 0. The molecular formula is C17H18N4O3S. The van der Waals surface area contributed by atoms with E-state index in [0.29, 0.717) is 29.6 Å². The van der Waals surface area contributed by atoms with E-state index in [-0.39, 0.29) is 17.2 Å². The maximum atomic E-state index is 12.0. The third-order valence-corrected chi connectivity index (χ3v) is 4.08. The molecule has 2 aromatic rings. The second-order valence-corrected chi connectivity index (χ2v) is 5.92. The smallest absolute Gasteiger partial charge is 0.269 e. The van der Waals surface area contributed by atoms with Crippen LogP contribution in [0.25, 0.3) is 0 Å². The zero-order valence-corrected chi connectivity index (χ0v) is 14.8. The SMILES string of the molecule is CCOc1ccc(NC(=O)CSc2nc(CC)c(C#N)c(=O)[nH]2)cc1. The molecule has 0 saturated heterocycles. The Morgan fingerprint density at radius 3 is 2.68 bits per heavy atom. The molecule has 0 saturated carbocycles. The number of aromatic amines is 1. The summed E-state index contributed by atoms with van der Waals surface area (Å²) in [6.07, 6.45) is 0.471. The Hall–Kier alpha value is -2.79. The Kier molecular flexibility index (Phi) is 6.60. The highest BCUT2D eigenvalue weighted by atomic mass is 32.2. The van der Waals surface area contributed by atoms with Gasteiger partial charge in [0.2, 0.25) is 5.91 Å². The largest absolute Gasteiger partial charge is 0.494 e. The van der Waals surface area contributed by atoms with E-state index in [9.17, 15) is 9.59 Å². The first kappa shape index (κ1) is 18.5. The van der Waals surface area contributed by atoms with E-state index in [1.165, 1.54) is 0 Å². The molecule has 7 nitrogen and oxygen atoms in total. The van der Waals surface area contributed by atoms with Gasteiger partial charge in [-0.1, -0.05) is 18.7 Å². The number of carbonyl (C=O) groups is 1. The number of thioether (sulfide) groups is 1. The van der Waals surface area contributed by atoms with Gasteiger partial charge >= 0.3 is 0 Å². The lowest BCUT2D eigenvalue weighted by Crippen LogP contribution is -2.18. The van der Waals surface area contributed by atoms with Gasteiger partial charge in [-0.3, -0.25) is 9.59 Å². The summed E-state index contributed by atoms with van der Waals surface area (Å²) in [5, 5.41) is 12.0. The maximum Gasteiger partial charge on any atom is 0.269 e. The molecule has 0 aliphatic rings. The number of benzene rings is 1. The lowest BCUT2D eigenvalue weighted by molar-refractivity contribution is -0.113. The molecule has 130 valence electrons. The van der Waals surface area contributed by atoms with Gasteiger partial charge in [0.1, 0.15) is 17.4 Å². The van der Waals surface area contributed by atoms with Crippen LogP contribution in [0.4, 0.5) is 5.69 Å². The van der Waals surface area contributed by atoms with E-state index >= 15 is 0 Å². The van der Waals surface area contributed by atoms with Gasteiger partial charge in [-0.05, 0) is 37.6 Å². The molecule has 1 amide bonds. The Balaban J connectivity index is 1.97. The fraction of sp³-hybridized carbons (Fsp3) is 0.294. The van der Waals surface area contributed by atoms with E-state index < -0.39 is 5.56 Å². The fourth-order valence-electron chi connectivity index (χ4n) is 2.07. The van der Waals surface area contributed by atoms with Crippen LogP contribution >= 0.6 is 11.8 Å². The molecule has 25 heavy (non-hydrogen) atoms. The molecule has 1 aromatic carbocycles. The second-order valence-electron chi connectivity index (χ2n) is 4.95. The van der Waals surface area contributed by atoms with Gasteiger partial charge < -0.3 is 15.0 Å². The van der Waals surface area contributed by atoms with Crippen molar-refractivity contribution in [3.63, 3.8) is 0 Å². The minimum absolute atomic E-state index is 0.0192. The van der Waals surface area contributed by atoms with E-state index in [1.54, 1.807) is 24.3 Å². The first-order chi connectivity index (χ1) is 12.1. The number of nitrogens with zero attached hydrogens (tertiary/aromatic N) is 2. The molecule has 0 aliphatic heterocycles. The van der Waals surface area contributed by atoms with E-state index in [2.05, 4.69) is 15.3 Å². The molecule has 1 heterocycles. The number of anilines is 1. The van der Waals surface area contributed by atoms with Crippen molar-refractivity contribution in [1.82, 2.24) is 9.97 Å². The summed E-state index contributed by atoms with van der Waals surface area (Å²) in [6, 6.07) is 8.91. The molecular weight excluding hydrogens is 340 g/mol. The van der Waals surface area contributed by atoms with E-state index in [4.69, 9.17) is 10.00 Å². The predicted octanol–water partition coefficient (Wildman–Crippen LogP) is 2.33. The lowest BCUT2D eigenvalue weighted by atomic mass is 10.2. The number of amides is 1. The molecule has 0 atom stereocenters. The number of hydrogen-bond acceptors (Lipinski definition) is 6. The zero-order valence-electron chi connectivity index (χ0n) is 14.0. The molecule has 0 aliphatic carbocycles. The highest BCUT2D eigenvalue weighted by Crippen LogP contribution is 2.17. The number of rotatable bonds is 7. The Morgan fingerprint density at radius 1 is 1.36 bits per heavy atom. The van der Waals surface area contributed by atoms with E-state index in [1.807, 2.05) is 19.9 Å². The number of ether oxygens (including phenoxy) is 1. The van der Waals surface area contributed by atoms with Crippen molar-refractivity contribution in [2.45, 2.75) is 25.4 Å². The molecule has 0 bridgehead atoms. The quantitative estimate of drug-likeness (QED) is 0.581. The highest BCUT2D eigenvalue weighted by molar-refractivity contribution is 7.99. The average Bonchev–Trinajstić information content (AvgIpc) is 2.61. The third-order valence-electron chi connectivity index (χ3n) is 3.21. The Labute approximate surface area is 149 Å². The van der Waals surface area contributed by atoms with Gasteiger partial charge in [-0.2, -0.15) is 5.26 Å². The number of aromatic nitrogens is 2. The number of nitriles is 1. The normalized spacial score (nSPS) is 10.1. The molecule has 8 heteroatoms. The summed E-state index contributed by atoms with van der Waals surface area (Å²) in [4.78, 5) is 30.6. The summed E-state index contributed by atoms with van der Waals surface area (Å²) in [5.74, 6) is 0.603. The van der Waals surface area contributed by atoms with Gasteiger partial charge in [0.15, 0.2) is 5.16 Å². The fourth-order valence-corrected chi connectivity index (χ4v) is 2.75. The molecule has 0 spiro atoms. The average molecular weight is 358 g/mol. The number of hydrogen-bond donors (Lipinski definition) is 2. The van der Waals surface area contributed by atoms with Crippen molar-refractivity contribution in [1.29, 1.82) is 5.26 Å². The maximum absolute atomic E-state index is 12.0. The summed E-state index contributed by atoms with van der Waals surface area (Å²) < 4.78 is 5.34. The van der Waals surface area contributed by atoms with Crippen LogP contribution in [0.5, 0.6) is 5.75 Å². The Morgan fingerprint density at radius 2 is 2.08 bits per heavy atom. The molecule has 0 fully saturated rings. The summed E-state index contributed by atoms with van der Waals surface area (Å²) in [6.45, 7) is 4.30. The Bertz CT molecular complexity index is 840. The number of aryl methyl sites for hydroxylation is 1. The van der Waals surface area contributed by atoms with Gasteiger partial charge in [-0.15, -0.1) is 0 Å². The van der Waals surface area contributed by atoms with Gasteiger partial charge in [0.25, 0.3) is 5.56 Å². The van der Waals surface area contributed by atoms with Gasteiger partial charge in [0.05, 0.1) is 18.1 Å². The van der Waals surface area contributed by atoms with Crippen molar-refractivity contribution >= 4 is 23.4 Å². The van der Waals surface area contributed by atoms with E-state index in [0.717, 1.165) is 17.5 Å². The molecule has 2 rings (SSSR count). The number of carbonyl (C=O) groups excluding carboxylic acids is 1. The van der Waals surface area contributed by atoms with Crippen LogP contribution in [0.15, 0.2) is 34.2 Å². The van der Waals surface area contributed by atoms with Gasteiger partial charge in [0, 0.05) is 5.69 Å². The topological polar surface area (TPSA) is 108 Å². The molecule has 0 unspecified atom stereocenters. The molecule has 1 aromatic heterocycles. The van der Waals surface area contributed by atoms with Crippen LogP contribution in [0, 0.1) is 11.3 Å². The first-order valence-electron chi connectivity index (χ1n) is 7.76. The van der Waals surface area contributed by atoms with Crippen molar-refractivity contribution < 1.29 is 9.53 Å². The van der Waals surface area contributed by atoms with Crippen LogP contribution in [0.1, 0.15) is 25.1 Å². The molecule has 2 N–H and O–H groups in total. The monoisotopic (exact) mass is 358 g/mol. The summed E-state index contributed by atoms with van der Waals surface area (Å²) >= 11 is 1.11. The van der Waals surface area contributed by atoms with Crippen LogP contribution in [0.2, 0.25) is 0 Å². The zero-order chi connectivity index (χ0) is 18.2. The van der Waals surface area contributed by atoms with Crippen LogP contribution in [0.3, 0.4) is 0 Å². The van der Waals surface area contributed by atoms with Crippen LogP contribution in [-0.4, -0.2) is 28.2 Å². The minimum Gasteiger partial charge on any atom is -0.494 e.